The molecule has 0 unspecified atom stereocenters. The summed E-state index contributed by atoms with van der Waals surface area (Å²) in [6.45, 7) is 2.71. The number of benzene rings is 1. The van der Waals surface area contributed by atoms with Crippen LogP contribution in [0.2, 0.25) is 0 Å². The molecule has 1 aliphatic rings. The number of amides is 2. The predicted molar refractivity (Wildman–Crippen MR) is 116 cm³/mol. The molecule has 2 N–H and O–H groups in total. The highest BCUT2D eigenvalue weighted by molar-refractivity contribution is 5.92. The van der Waals surface area contributed by atoms with Gasteiger partial charge in [-0.3, -0.25) is 0 Å². The van der Waals surface area contributed by atoms with E-state index in [4.69, 9.17) is 0 Å². The molecule has 0 saturated carbocycles. The Morgan fingerprint density at radius 1 is 1.12 bits per heavy atom. The second-order valence-corrected chi connectivity index (χ2v) is 7.66. The Hall–Kier alpha value is -3.76. The number of aromatic nitrogens is 3. The van der Waals surface area contributed by atoms with Gasteiger partial charge < -0.3 is 15.5 Å². The first-order valence-corrected chi connectivity index (χ1v) is 10.0. The molecular weight excluding hydrogens is 440 g/mol. The molecular formula is C22H20F4N6O. The lowest BCUT2D eigenvalue weighted by atomic mass is 9.97. The lowest BCUT2D eigenvalue weighted by Crippen LogP contribution is -2.34. The summed E-state index contributed by atoms with van der Waals surface area (Å²) in [4.78, 5) is 26.5. The zero-order valence-corrected chi connectivity index (χ0v) is 18.0. The van der Waals surface area contributed by atoms with E-state index in [-0.39, 0.29) is 12.2 Å². The van der Waals surface area contributed by atoms with Crippen LogP contribution in [-0.2, 0) is 0 Å². The number of nitrogens with one attached hydrogen (secondary N) is 2. The van der Waals surface area contributed by atoms with E-state index in [2.05, 4.69) is 25.6 Å². The summed E-state index contributed by atoms with van der Waals surface area (Å²) in [5.74, 6) is -0.267. The Morgan fingerprint density at radius 3 is 2.55 bits per heavy atom. The zero-order chi connectivity index (χ0) is 23.9. The average molecular weight is 460 g/mol. The number of nitrogens with zero attached hydrogens (tertiary/aromatic N) is 4. The SMILES string of the molecule is CNc1ncc2cc(-c3cc(NC(=O)N4CC=C(C(F)(F)F)C4)c(F)cc3C)c(C)nc2n1. The van der Waals surface area contributed by atoms with Crippen LogP contribution in [0.15, 0.2) is 36.0 Å². The van der Waals surface area contributed by atoms with Crippen molar-refractivity contribution in [2.24, 2.45) is 0 Å². The van der Waals surface area contributed by atoms with Crippen LogP contribution in [0.5, 0.6) is 0 Å². The van der Waals surface area contributed by atoms with Crippen LogP contribution in [0.3, 0.4) is 0 Å². The minimum absolute atomic E-state index is 0.137. The second kappa shape index (κ2) is 8.30. The van der Waals surface area contributed by atoms with Crippen molar-refractivity contribution >= 4 is 28.7 Å². The lowest BCUT2D eigenvalue weighted by Gasteiger charge is -2.19. The largest absolute Gasteiger partial charge is 0.414 e. The number of rotatable bonds is 3. The Morgan fingerprint density at radius 2 is 1.88 bits per heavy atom. The van der Waals surface area contributed by atoms with Crippen LogP contribution in [0.4, 0.5) is 34.0 Å². The van der Waals surface area contributed by atoms with Crippen molar-refractivity contribution in [3.63, 3.8) is 0 Å². The van der Waals surface area contributed by atoms with Crippen LogP contribution in [0.25, 0.3) is 22.2 Å². The Labute approximate surface area is 186 Å². The van der Waals surface area contributed by atoms with Crippen molar-refractivity contribution in [3.05, 3.63) is 53.1 Å². The Bertz CT molecular complexity index is 1290. The Balaban J connectivity index is 1.64. The van der Waals surface area contributed by atoms with E-state index in [0.29, 0.717) is 39.4 Å². The van der Waals surface area contributed by atoms with Gasteiger partial charge in [0.25, 0.3) is 0 Å². The molecule has 33 heavy (non-hydrogen) atoms. The van der Waals surface area contributed by atoms with Crippen molar-refractivity contribution < 1.29 is 22.4 Å². The van der Waals surface area contributed by atoms with E-state index < -0.39 is 30.1 Å². The first-order valence-electron chi connectivity index (χ1n) is 10.0. The van der Waals surface area contributed by atoms with Gasteiger partial charge in [-0.25, -0.2) is 19.2 Å². The number of halogens is 4. The molecule has 0 atom stereocenters. The summed E-state index contributed by atoms with van der Waals surface area (Å²) in [6.07, 6.45) is -1.94. The van der Waals surface area contributed by atoms with Crippen LogP contribution in [-0.4, -0.2) is 52.2 Å². The van der Waals surface area contributed by atoms with Gasteiger partial charge in [0.15, 0.2) is 5.65 Å². The highest BCUT2D eigenvalue weighted by atomic mass is 19.4. The van der Waals surface area contributed by atoms with Crippen LogP contribution in [0, 0.1) is 19.7 Å². The quantitative estimate of drug-likeness (QED) is 0.432. The number of anilines is 2. The molecule has 0 spiro atoms. The normalized spacial score (nSPS) is 13.9. The number of urea groups is 1. The van der Waals surface area contributed by atoms with Crippen LogP contribution < -0.4 is 10.6 Å². The third-order valence-corrected chi connectivity index (χ3v) is 5.40. The number of fused-ring (bicyclic) bond motifs is 1. The van der Waals surface area contributed by atoms with Crippen molar-refractivity contribution in [1.29, 1.82) is 0 Å². The monoisotopic (exact) mass is 460 g/mol. The standard InChI is InChI=1S/C22H20F4N6O/c1-11-6-17(23)18(30-21(33)32-5-4-14(10-32)22(24,25)26)8-15(11)16-7-13-9-28-20(27-3)31-19(13)29-12(16)2/h4,6-9H,5,10H2,1-3H3,(H,30,33)(H,27,28,29,31). The van der Waals surface area contributed by atoms with E-state index in [9.17, 15) is 22.4 Å². The van der Waals surface area contributed by atoms with Gasteiger partial charge in [0.1, 0.15) is 5.82 Å². The van der Waals surface area contributed by atoms with Crippen molar-refractivity contribution in [3.8, 4) is 11.1 Å². The maximum atomic E-state index is 14.6. The molecule has 4 rings (SSSR count). The third-order valence-electron chi connectivity index (χ3n) is 5.40. The minimum atomic E-state index is -4.50. The van der Waals surface area contributed by atoms with Crippen molar-refractivity contribution in [2.75, 3.05) is 30.8 Å². The number of hydrogen-bond donors (Lipinski definition) is 2. The molecule has 7 nitrogen and oxygen atoms in total. The van der Waals surface area contributed by atoms with E-state index in [0.717, 1.165) is 11.0 Å². The number of carbonyl (C=O) groups excluding carboxylic acids is 1. The summed E-state index contributed by atoms with van der Waals surface area (Å²) in [7, 11) is 1.70. The molecule has 0 bridgehead atoms. The van der Waals surface area contributed by atoms with Gasteiger partial charge in [0.2, 0.25) is 5.95 Å². The van der Waals surface area contributed by atoms with E-state index in [1.807, 2.05) is 6.07 Å². The summed E-state index contributed by atoms with van der Waals surface area (Å²) >= 11 is 0. The van der Waals surface area contributed by atoms with Crippen molar-refractivity contribution in [2.45, 2.75) is 20.0 Å². The highest BCUT2D eigenvalue weighted by Gasteiger charge is 2.38. The number of hydrogen-bond acceptors (Lipinski definition) is 5. The molecule has 0 radical (unpaired) electrons. The molecule has 1 aromatic carbocycles. The van der Waals surface area contributed by atoms with Crippen molar-refractivity contribution in [1.82, 2.24) is 19.9 Å². The van der Waals surface area contributed by atoms with E-state index in [1.165, 1.54) is 12.1 Å². The molecule has 172 valence electrons. The first-order chi connectivity index (χ1) is 15.6. The molecule has 0 fully saturated rings. The maximum Gasteiger partial charge on any atom is 0.414 e. The number of aryl methyl sites for hydroxylation is 2. The molecule has 2 amide bonds. The zero-order valence-electron chi connectivity index (χ0n) is 18.0. The summed E-state index contributed by atoms with van der Waals surface area (Å²) in [5, 5.41) is 5.91. The van der Waals surface area contributed by atoms with E-state index in [1.54, 1.807) is 27.1 Å². The van der Waals surface area contributed by atoms with Gasteiger partial charge in [-0.05, 0) is 43.2 Å². The molecule has 3 heterocycles. The second-order valence-electron chi connectivity index (χ2n) is 7.66. The number of alkyl halides is 3. The van der Waals surface area contributed by atoms with Gasteiger partial charge in [0, 0.05) is 36.4 Å². The fraction of sp³-hybridized carbons (Fsp3) is 0.273. The first kappa shape index (κ1) is 22.4. The fourth-order valence-electron chi connectivity index (χ4n) is 3.61. The van der Waals surface area contributed by atoms with Gasteiger partial charge >= 0.3 is 12.2 Å². The highest BCUT2D eigenvalue weighted by Crippen LogP contribution is 2.33. The van der Waals surface area contributed by atoms with Gasteiger partial charge in [-0.15, -0.1) is 0 Å². The van der Waals surface area contributed by atoms with E-state index >= 15 is 0 Å². The van der Waals surface area contributed by atoms with Crippen LogP contribution in [0.1, 0.15) is 11.3 Å². The molecule has 2 aromatic heterocycles. The summed E-state index contributed by atoms with van der Waals surface area (Å²) in [6, 6.07) is 3.72. The molecule has 11 heteroatoms. The van der Waals surface area contributed by atoms with Gasteiger partial charge in [-0.1, -0.05) is 6.08 Å². The topological polar surface area (TPSA) is 83.0 Å². The molecule has 3 aromatic rings. The summed E-state index contributed by atoms with van der Waals surface area (Å²) in [5.41, 5.74) is 2.10. The summed E-state index contributed by atoms with van der Waals surface area (Å²) < 4.78 is 53.2. The van der Waals surface area contributed by atoms with Gasteiger partial charge in [0.05, 0.1) is 17.8 Å². The lowest BCUT2D eigenvalue weighted by molar-refractivity contribution is -0.0929. The third kappa shape index (κ3) is 4.43. The fourth-order valence-corrected chi connectivity index (χ4v) is 3.61. The predicted octanol–water partition coefficient (Wildman–Crippen LogP) is 4.83. The number of carbonyl (C=O) groups is 1. The smallest absolute Gasteiger partial charge is 0.357 e. The van der Waals surface area contributed by atoms with Crippen LogP contribution >= 0.6 is 0 Å². The average Bonchev–Trinajstić information content (AvgIpc) is 3.26. The van der Waals surface area contributed by atoms with Gasteiger partial charge in [-0.2, -0.15) is 18.2 Å². The molecule has 0 aliphatic carbocycles. The molecule has 1 aliphatic heterocycles. The minimum Gasteiger partial charge on any atom is -0.357 e. The number of pyridine rings is 1. The Kier molecular flexibility index (Phi) is 5.64. The maximum absolute atomic E-state index is 14.6. The molecule has 0 saturated heterocycles.